The van der Waals surface area contributed by atoms with E-state index in [1.54, 1.807) is 13.1 Å². The van der Waals surface area contributed by atoms with Gasteiger partial charge in [-0.3, -0.25) is 9.59 Å². The summed E-state index contributed by atoms with van der Waals surface area (Å²) in [5.41, 5.74) is 6.33. The van der Waals surface area contributed by atoms with Gasteiger partial charge in [-0.2, -0.15) is 0 Å². The molecule has 7 nitrogen and oxygen atoms in total. The Hall–Kier alpha value is -2.15. The Kier molecular flexibility index (Phi) is 3.74. The largest absolute Gasteiger partial charge is 0.480 e. The minimum Gasteiger partial charge on any atom is -0.480 e. The molecule has 1 aromatic rings. The van der Waals surface area contributed by atoms with Gasteiger partial charge in [0.05, 0.1) is 12.1 Å². The number of piperidine rings is 1. The molecule has 0 aliphatic carbocycles. The fourth-order valence-electron chi connectivity index (χ4n) is 3.38. The van der Waals surface area contributed by atoms with Gasteiger partial charge in [0.15, 0.2) is 0 Å². The van der Waals surface area contributed by atoms with Crippen molar-refractivity contribution in [2.75, 3.05) is 18.0 Å². The van der Waals surface area contributed by atoms with E-state index in [2.05, 4.69) is 9.88 Å². The lowest BCUT2D eigenvalue weighted by Gasteiger charge is -2.56. The molecule has 3 N–H and O–H groups in total. The highest BCUT2D eigenvalue weighted by atomic mass is 16.4. The Morgan fingerprint density at radius 3 is 2.59 bits per heavy atom. The van der Waals surface area contributed by atoms with Crippen LogP contribution < -0.4 is 10.6 Å². The topological polar surface area (TPSA) is 99.8 Å². The average molecular weight is 304 g/mol. The lowest BCUT2D eigenvalue weighted by atomic mass is 9.87. The summed E-state index contributed by atoms with van der Waals surface area (Å²) in [6, 6.07) is 3.44. The first-order valence-electron chi connectivity index (χ1n) is 7.43. The summed E-state index contributed by atoms with van der Waals surface area (Å²) in [5.74, 6) is 0.00179. The molecule has 2 bridgehead atoms. The molecule has 4 rings (SSSR count). The molecule has 0 aromatic carbocycles. The Labute approximate surface area is 128 Å². The Morgan fingerprint density at radius 2 is 2.09 bits per heavy atom. The van der Waals surface area contributed by atoms with Gasteiger partial charge in [0.2, 0.25) is 5.91 Å². The highest BCUT2D eigenvalue weighted by Gasteiger charge is 2.46. The SMILES string of the molecule is CC(=O)N1C2CC1CN(c1ccc(C[C@H](N)C(=O)O)cn1)C2. The highest BCUT2D eigenvalue weighted by Crippen LogP contribution is 2.33. The van der Waals surface area contributed by atoms with Crippen LogP contribution in [0.1, 0.15) is 18.9 Å². The van der Waals surface area contributed by atoms with Crippen LogP contribution in [0.15, 0.2) is 18.3 Å². The number of aromatic nitrogens is 1. The van der Waals surface area contributed by atoms with E-state index in [1.807, 2.05) is 17.0 Å². The van der Waals surface area contributed by atoms with E-state index in [0.29, 0.717) is 0 Å². The third-order valence-electron chi connectivity index (χ3n) is 4.46. The Morgan fingerprint density at radius 1 is 1.41 bits per heavy atom. The van der Waals surface area contributed by atoms with Crippen LogP contribution in [0.2, 0.25) is 0 Å². The molecule has 22 heavy (non-hydrogen) atoms. The predicted molar refractivity (Wildman–Crippen MR) is 80.5 cm³/mol. The van der Waals surface area contributed by atoms with Crippen LogP contribution in [0, 0.1) is 0 Å². The number of carboxylic acid groups (broad SMARTS) is 1. The van der Waals surface area contributed by atoms with Crippen LogP contribution >= 0.6 is 0 Å². The van der Waals surface area contributed by atoms with Crippen LogP contribution in [0.5, 0.6) is 0 Å². The average Bonchev–Trinajstić information content (AvgIpc) is 2.47. The maximum atomic E-state index is 11.5. The number of nitrogens with zero attached hydrogens (tertiary/aromatic N) is 3. The van der Waals surface area contributed by atoms with Gasteiger partial charge in [0.1, 0.15) is 11.9 Å². The molecule has 0 radical (unpaired) electrons. The van der Waals surface area contributed by atoms with Crippen molar-refractivity contribution < 1.29 is 14.7 Å². The molecule has 3 fully saturated rings. The number of carbonyl (C=O) groups excluding carboxylic acids is 1. The number of anilines is 1. The smallest absolute Gasteiger partial charge is 0.320 e. The van der Waals surface area contributed by atoms with E-state index in [0.717, 1.165) is 30.9 Å². The van der Waals surface area contributed by atoms with Crippen molar-refractivity contribution in [1.82, 2.24) is 9.88 Å². The number of carbonyl (C=O) groups is 2. The fraction of sp³-hybridized carbons (Fsp3) is 0.533. The standard InChI is InChI=1S/C15H20N4O3/c1-9(20)19-11-5-12(19)8-18(7-11)14-3-2-10(6-17-14)4-13(16)15(21)22/h2-3,6,11-13H,4-5,7-8,16H2,1H3,(H,21,22)/t11?,12?,13-/m0/s1. The molecule has 2 unspecified atom stereocenters. The first-order chi connectivity index (χ1) is 10.5. The number of carboxylic acids is 1. The maximum absolute atomic E-state index is 11.5. The van der Waals surface area contributed by atoms with Crippen LogP contribution in [0.4, 0.5) is 5.82 Å². The van der Waals surface area contributed by atoms with E-state index in [1.165, 1.54) is 0 Å². The molecular weight excluding hydrogens is 284 g/mol. The summed E-state index contributed by atoms with van der Waals surface area (Å²) in [7, 11) is 0. The molecule has 3 saturated heterocycles. The second-order valence-electron chi connectivity index (χ2n) is 6.05. The van der Waals surface area contributed by atoms with Gasteiger partial charge >= 0.3 is 5.97 Å². The van der Waals surface area contributed by atoms with Crippen molar-refractivity contribution >= 4 is 17.7 Å². The lowest BCUT2D eigenvalue weighted by molar-refractivity contribution is -0.143. The van der Waals surface area contributed by atoms with Crippen LogP contribution in [-0.2, 0) is 16.0 Å². The van der Waals surface area contributed by atoms with Gasteiger partial charge in [-0.15, -0.1) is 0 Å². The summed E-state index contributed by atoms with van der Waals surface area (Å²) in [6.07, 6.45) is 3.02. The number of hydrogen-bond donors (Lipinski definition) is 2. The number of fused-ring (bicyclic) bond motifs is 2. The van der Waals surface area contributed by atoms with Crippen LogP contribution in [0.3, 0.4) is 0 Å². The van der Waals surface area contributed by atoms with Crippen LogP contribution in [0.25, 0.3) is 0 Å². The van der Waals surface area contributed by atoms with Crippen molar-refractivity contribution in [2.24, 2.45) is 5.73 Å². The molecule has 1 aromatic heterocycles. The number of nitrogens with two attached hydrogens (primary N) is 1. The van der Waals surface area contributed by atoms with Gasteiger partial charge in [0.25, 0.3) is 0 Å². The molecule has 0 spiro atoms. The second kappa shape index (κ2) is 5.57. The molecule has 4 heterocycles. The van der Waals surface area contributed by atoms with Gasteiger partial charge in [-0.1, -0.05) is 6.07 Å². The molecule has 0 saturated carbocycles. The third-order valence-corrected chi connectivity index (χ3v) is 4.46. The lowest BCUT2D eigenvalue weighted by Crippen LogP contribution is -2.70. The van der Waals surface area contributed by atoms with Gasteiger partial charge in [-0.05, 0) is 24.5 Å². The zero-order valence-corrected chi connectivity index (χ0v) is 12.5. The quantitative estimate of drug-likeness (QED) is 0.802. The van der Waals surface area contributed by atoms with Gasteiger partial charge < -0.3 is 20.6 Å². The van der Waals surface area contributed by atoms with Crippen molar-refractivity contribution in [2.45, 2.75) is 37.9 Å². The van der Waals surface area contributed by atoms with Crippen LogP contribution in [-0.4, -0.2) is 58.1 Å². The molecule has 118 valence electrons. The summed E-state index contributed by atoms with van der Waals surface area (Å²) in [6.45, 7) is 3.22. The Bertz CT molecular complexity index is 577. The van der Waals surface area contributed by atoms with Crippen molar-refractivity contribution in [3.63, 3.8) is 0 Å². The number of pyridine rings is 1. The molecular formula is C15H20N4O3. The molecule has 7 heteroatoms. The number of piperazine rings is 1. The highest BCUT2D eigenvalue weighted by molar-refractivity contribution is 5.76. The minimum absolute atomic E-state index is 0.145. The molecule has 3 atom stereocenters. The van der Waals surface area contributed by atoms with E-state index in [-0.39, 0.29) is 24.4 Å². The van der Waals surface area contributed by atoms with Gasteiger partial charge in [-0.25, -0.2) is 4.98 Å². The van der Waals surface area contributed by atoms with E-state index in [9.17, 15) is 9.59 Å². The number of rotatable bonds is 4. The van der Waals surface area contributed by atoms with E-state index >= 15 is 0 Å². The zero-order valence-electron chi connectivity index (χ0n) is 12.5. The normalized spacial score (nSPS) is 24.6. The van der Waals surface area contributed by atoms with Crippen molar-refractivity contribution in [1.29, 1.82) is 0 Å². The minimum atomic E-state index is -1.01. The summed E-state index contributed by atoms with van der Waals surface area (Å²) >= 11 is 0. The third kappa shape index (κ3) is 2.64. The number of aliphatic carboxylic acids is 1. The van der Waals surface area contributed by atoms with Crippen molar-refractivity contribution in [3.05, 3.63) is 23.9 Å². The molecule has 3 aliphatic rings. The van der Waals surface area contributed by atoms with E-state index < -0.39 is 12.0 Å². The fourth-order valence-corrected chi connectivity index (χ4v) is 3.38. The predicted octanol–water partition coefficient (Wildman–Crippen LogP) is -0.155. The van der Waals surface area contributed by atoms with E-state index in [4.69, 9.17) is 10.8 Å². The molecule has 1 amide bonds. The monoisotopic (exact) mass is 304 g/mol. The van der Waals surface area contributed by atoms with Crippen molar-refractivity contribution in [3.8, 4) is 0 Å². The first-order valence-corrected chi connectivity index (χ1v) is 7.43. The second-order valence-corrected chi connectivity index (χ2v) is 6.05. The summed E-state index contributed by atoms with van der Waals surface area (Å²) in [4.78, 5) is 30.8. The zero-order chi connectivity index (χ0) is 15.9. The molecule has 3 aliphatic heterocycles. The van der Waals surface area contributed by atoms with Gasteiger partial charge in [0, 0.05) is 26.2 Å². The number of hydrogen-bond acceptors (Lipinski definition) is 5. The number of amides is 1. The first kappa shape index (κ1) is 14.8. The summed E-state index contributed by atoms with van der Waals surface area (Å²) in [5, 5.41) is 8.82. The maximum Gasteiger partial charge on any atom is 0.320 e. The summed E-state index contributed by atoms with van der Waals surface area (Å²) < 4.78 is 0. The Balaban J connectivity index is 1.63.